The van der Waals surface area contributed by atoms with Crippen LogP contribution in [0.4, 0.5) is 11.4 Å². The number of nitro groups is 1. The molecular formula is C9H11IN2O3. The second-order valence-corrected chi connectivity index (χ2v) is 4.39. The summed E-state index contributed by atoms with van der Waals surface area (Å²) in [6.07, 6.45) is 0. The van der Waals surface area contributed by atoms with Gasteiger partial charge in [0.25, 0.3) is 5.69 Å². The molecule has 1 unspecified atom stereocenters. The number of hydrogen-bond donors (Lipinski definition) is 2. The molecule has 2 N–H and O–H groups in total. The number of nitrogens with one attached hydrogen (secondary N) is 1. The first-order valence-corrected chi connectivity index (χ1v) is 5.44. The summed E-state index contributed by atoms with van der Waals surface area (Å²) in [5.41, 5.74) is 0.462. The lowest BCUT2D eigenvalue weighted by Crippen LogP contribution is -2.19. The first-order valence-electron chi connectivity index (χ1n) is 4.36. The summed E-state index contributed by atoms with van der Waals surface area (Å²) < 4.78 is 0.807. The van der Waals surface area contributed by atoms with E-state index in [1.54, 1.807) is 19.1 Å². The summed E-state index contributed by atoms with van der Waals surface area (Å²) in [7, 11) is 0. The molecule has 1 aromatic rings. The predicted octanol–water partition coefficient (Wildman–Crippen LogP) is 1.99. The Balaban J connectivity index is 3.01. The van der Waals surface area contributed by atoms with Crippen molar-refractivity contribution in [1.82, 2.24) is 0 Å². The maximum absolute atomic E-state index is 10.7. The lowest BCUT2D eigenvalue weighted by molar-refractivity contribution is -0.384. The maximum atomic E-state index is 10.7. The molecule has 0 spiro atoms. The molecule has 0 radical (unpaired) electrons. The Kier molecular flexibility index (Phi) is 4.28. The van der Waals surface area contributed by atoms with Crippen LogP contribution in [0.2, 0.25) is 0 Å². The van der Waals surface area contributed by atoms with Crippen LogP contribution in [0.1, 0.15) is 6.92 Å². The molecule has 0 saturated carbocycles. The van der Waals surface area contributed by atoms with E-state index in [2.05, 4.69) is 5.32 Å². The van der Waals surface area contributed by atoms with Gasteiger partial charge in [0.15, 0.2) is 0 Å². The first-order chi connectivity index (χ1) is 7.04. The van der Waals surface area contributed by atoms with Crippen LogP contribution in [-0.4, -0.2) is 22.7 Å². The van der Waals surface area contributed by atoms with Crippen LogP contribution in [0.5, 0.6) is 0 Å². The van der Waals surface area contributed by atoms with E-state index in [-0.39, 0.29) is 18.3 Å². The lowest BCUT2D eigenvalue weighted by atomic mass is 10.2. The second-order valence-electron chi connectivity index (χ2n) is 3.15. The van der Waals surface area contributed by atoms with Crippen LogP contribution in [0.25, 0.3) is 0 Å². The van der Waals surface area contributed by atoms with E-state index in [9.17, 15) is 10.1 Å². The number of rotatable bonds is 4. The topological polar surface area (TPSA) is 75.4 Å². The van der Waals surface area contributed by atoms with Crippen LogP contribution in [0.15, 0.2) is 18.2 Å². The molecule has 0 aliphatic rings. The minimum Gasteiger partial charge on any atom is -0.394 e. The van der Waals surface area contributed by atoms with Gasteiger partial charge in [0.1, 0.15) is 5.69 Å². The Labute approximate surface area is 101 Å². The first kappa shape index (κ1) is 12.2. The van der Waals surface area contributed by atoms with Gasteiger partial charge in [0, 0.05) is 15.7 Å². The molecule has 0 bridgehead atoms. The molecule has 0 aromatic heterocycles. The third-order valence-corrected chi connectivity index (χ3v) is 2.50. The molecule has 5 nitrogen and oxygen atoms in total. The van der Waals surface area contributed by atoms with Crippen molar-refractivity contribution in [2.75, 3.05) is 11.9 Å². The van der Waals surface area contributed by atoms with Crippen molar-refractivity contribution in [3.8, 4) is 0 Å². The van der Waals surface area contributed by atoms with Gasteiger partial charge in [-0.15, -0.1) is 0 Å². The van der Waals surface area contributed by atoms with Gasteiger partial charge in [-0.3, -0.25) is 10.1 Å². The highest BCUT2D eigenvalue weighted by Gasteiger charge is 2.15. The zero-order chi connectivity index (χ0) is 11.4. The van der Waals surface area contributed by atoms with Gasteiger partial charge in [0.05, 0.1) is 11.5 Å². The highest BCUT2D eigenvalue weighted by molar-refractivity contribution is 14.1. The van der Waals surface area contributed by atoms with Gasteiger partial charge in [-0.2, -0.15) is 0 Å². The molecule has 15 heavy (non-hydrogen) atoms. The lowest BCUT2D eigenvalue weighted by Gasteiger charge is -2.12. The van der Waals surface area contributed by atoms with E-state index < -0.39 is 4.92 Å². The molecule has 0 fully saturated rings. The van der Waals surface area contributed by atoms with E-state index in [1.807, 2.05) is 22.6 Å². The Morgan fingerprint density at radius 1 is 1.67 bits per heavy atom. The molecule has 1 atom stereocenters. The van der Waals surface area contributed by atoms with Crippen molar-refractivity contribution in [1.29, 1.82) is 0 Å². The Bertz CT molecular complexity index is 370. The summed E-state index contributed by atoms with van der Waals surface area (Å²) in [5.74, 6) is 0. The Hall–Kier alpha value is -0.890. The molecule has 82 valence electrons. The fraction of sp³-hybridized carbons (Fsp3) is 0.333. The van der Waals surface area contributed by atoms with Crippen molar-refractivity contribution in [2.45, 2.75) is 13.0 Å². The van der Waals surface area contributed by atoms with Gasteiger partial charge in [-0.1, -0.05) is 0 Å². The summed E-state index contributed by atoms with van der Waals surface area (Å²) in [6.45, 7) is 1.69. The molecule has 0 saturated heterocycles. The number of halogens is 1. The van der Waals surface area contributed by atoms with Gasteiger partial charge >= 0.3 is 0 Å². The number of nitro benzene ring substituents is 1. The van der Waals surface area contributed by atoms with Crippen molar-refractivity contribution in [3.63, 3.8) is 0 Å². The molecule has 0 heterocycles. The third kappa shape index (κ3) is 3.31. The number of nitrogens with zero attached hydrogens (tertiary/aromatic N) is 1. The summed E-state index contributed by atoms with van der Waals surface area (Å²) >= 11 is 2.02. The molecule has 1 aromatic carbocycles. The molecule has 0 amide bonds. The van der Waals surface area contributed by atoms with E-state index in [4.69, 9.17) is 5.11 Å². The van der Waals surface area contributed by atoms with E-state index in [0.29, 0.717) is 5.69 Å². The van der Waals surface area contributed by atoms with E-state index in [1.165, 1.54) is 6.07 Å². The highest BCUT2D eigenvalue weighted by atomic mass is 127. The minimum absolute atomic E-state index is 0.0298. The zero-order valence-electron chi connectivity index (χ0n) is 8.11. The average Bonchev–Trinajstić information content (AvgIpc) is 2.20. The fourth-order valence-electron chi connectivity index (χ4n) is 1.09. The molecule has 0 aliphatic heterocycles. The van der Waals surface area contributed by atoms with Crippen molar-refractivity contribution < 1.29 is 10.0 Å². The monoisotopic (exact) mass is 322 g/mol. The van der Waals surface area contributed by atoms with Gasteiger partial charge in [-0.25, -0.2) is 0 Å². The molecule has 1 rings (SSSR count). The fourth-order valence-corrected chi connectivity index (χ4v) is 1.56. The number of benzene rings is 1. The van der Waals surface area contributed by atoms with Crippen LogP contribution in [0, 0.1) is 13.7 Å². The number of hydrogen-bond acceptors (Lipinski definition) is 4. The van der Waals surface area contributed by atoms with Gasteiger partial charge < -0.3 is 10.4 Å². The van der Waals surface area contributed by atoms with Crippen LogP contribution >= 0.6 is 22.6 Å². The standard InChI is InChI=1S/C9H11IN2O3/c1-6(5-13)11-8-3-2-7(10)4-9(8)12(14)15/h2-4,6,11,13H,5H2,1H3. The van der Waals surface area contributed by atoms with Crippen LogP contribution < -0.4 is 5.32 Å². The number of aliphatic hydroxyl groups is 1. The summed E-state index contributed by atoms with van der Waals surface area (Å²) in [5, 5.41) is 22.5. The quantitative estimate of drug-likeness (QED) is 0.505. The van der Waals surface area contributed by atoms with E-state index in [0.717, 1.165) is 3.57 Å². The average molecular weight is 322 g/mol. The normalized spacial score (nSPS) is 12.2. The largest absolute Gasteiger partial charge is 0.394 e. The van der Waals surface area contributed by atoms with Crippen LogP contribution in [-0.2, 0) is 0 Å². The van der Waals surface area contributed by atoms with Crippen molar-refractivity contribution in [3.05, 3.63) is 31.9 Å². The molecule has 0 aliphatic carbocycles. The van der Waals surface area contributed by atoms with Crippen LogP contribution in [0.3, 0.4) is 0 Å². The predicted molar refractivity (Wildman–Crippen MR) is 66.0 cm³/mol. The Morgan fingerprint density at radius 3 is 2.87 bits per heavy atom. The Morgan fingerprint density at radius 2 is 2.33 bits per heavy atom. The van der Waals surface area contributed by atoms with E-state index >= 15 is 0 Å². The van der Waals surface area contributed by atoms with Crippen molar-refractivity contribution >= 4 is 34.0 Å². The summed E-state index contributed by atoms with van der Waals surface area (Å²) in [6, 6.07) is 4.71. The second kappa shape index (κ2) is 5.26. The van der Waals surface area contributed by atoms with Gasteiger partial charge in [0.2, 0.25) is 0 Å². The summed E-state index contributed by atoms with van der Waals surface area (Å²) in [4.78, 5) is 10.3. The number of aliphatic hydroxyl groups excluding tert-OH is 1. The minimum atomic E-state index is -0.436. The number of anilines is 1. The molecule has 6 heteroatoms. The SMILES string of the molecule is CC(CO)Nc1ccc(I)cc1[N+](=O)[O-]. The van der Waals surface area contributed by atoms with Crippen molar-refractivity contribution in [2.24, 2.45) is 0 Å². The van der Waals surface area contributed by atoms with Gasteiger partial charge in [-0.05, 0) is 41.6 Å². The highest BCUT2D eigenvalue weighted by Crippen LogP contribution is 2.26. The third-order valence-electron chi connectivity index (χ3n) is 1.83. The zero-order valence-corrected chi connectivity index (χ0v) is 10.3. The molecular weight excluding hydrogens is 311 g/mol. The maximum Gasteiger partial charge on any atom is 0.293 e. The smallest absolute Gasteiger partial charge is 0.293 e.